The number of carbonyl (C=O) groups excluding carboxylic acids is 1. The zero-order valence-electron chi connectivity index (χ0n) is 20.4. The van der Waals surface area contributed by atoms with Crippen LogP contribution in [-0.4, -0.2) is 27.0 Å². The summed E-state index contributed by atoms with van der Waals surface area (Å²) < 4.78 is 1.65. The summed E-state index contributed by atoms with van der Waals surface area (Å²) in [5.41, 5.74) is 3.93. The molecule has 4 aromatic rings. The molecular formula is C28H29ClN4O2. The summed E-state index contributed by atoms with van der Waals surface area (Å²) in [5.74, 6) is 0.514. The van der Waals surface area contributed by atoms with Crippen molar-refractivity contribution >= 4 is 34.2 Å². The molecule has 3 aromatic carbocycles. The quantitative estimate of drug-likeness (QED) is 0.330. The molecule has 0 fully saturated rings. The maximum atomic E-state index is 13.8. The van der Waals surface area contributed by atoms with Crippen LogP contribution in [0.5, 0.6) is 0 Å². The van der Waals surface area contributed by atoms with E-state index in [1.807, 2.05) is 64.1 Å². The van der Waals surface area contributed by atoms with E-state index >= 15 is 0 Å². The maximum absolute atomic E-state index is 13.8. The van der Waals surface area contributed by atoms with Crippen LogP contribution in [0.2, 0.25) is 5.02 Å². The lowest BCUT2D eigenvalue weighted by Crippen LogP contribution is -2.40. The first-order valence-electron chi connectivity index (χ1n) is 11.7. The number of anilines is 1. The molecule has 35 heavy (non-hydrogen) atoms. The predicted octanol–water partition coefficient (Wildman–Crippen LogP) is 6.66. The predicted molar refractivity (Wildman–Crippen MR) is 143 cm³/mol. The average molecular weight is 489 g/mol. The number of nitrogens with zero attached hydrogens (tertiary/aromatic N) is 3. The smallest absolute Gasteiger partial charge is 0.315 e. The number of aryl methyl sites for hydroxylation is 2. The lowest BCUT2D eigenvalue weighted by atomic mass is 10.1. The van der Waals surface area contributed by atoms with Crippen LogP contribution in [0.25, 0.3) is 16.6 Å². The van der Waals surface area contributed by atoms with Gasteiger partial charge in [-0.1, -0.05) is 48.4 Å². The second-order valence-electron chi connectivity index (χ2n) is 8.72. The summed E-state index contributed by atoms with van der Waals surface area (Å²) in [6, 6.07) is 19.5. The Morgan fingerprint density at radius 3 is 2.49 bits per heavy atom. The van der Waals surface area contributed by atoms with E-state index in [-0.39, 0.29) is 11.6 Å². The summed E-state index contributed by atoms with van der Waals surface area (Å²) in [6.45, 7) is 8.42. The van der Waals surface area contributed by atoms with Crippen molar-refractivity contribution in [3.8, 4) is 5.69 Å². The molecule has 180 valence electrons. The highest BCUT2D eigenvalue weighted by atomic mass is 35.5. The Kier molecular flexibility index (Phi) is 7.22. The second kappa shape index (κ2) is 10.3. The fourth-order valence-corrected chi connectivity index (χ4v) is 4.43. The fraction of sp³-hybridized carbons (Fsp3) is 0.250. The van der Waals surface area contributed by atoms with Crippen molar-refractivity contribution in [3.05, 3.63) is 99.1 Å². The van der Waals surface area contributed by atoms with Crippen LogP contribution >= 0.6 is 11.6 Å². The molecule has 1 atom stereocenters. The standard InChI is InChI=1S/C28H29ClN4O2/c1-5-16-32(28(35)30-22-13-11-21(29)12-14-22)20(4)26-31-24-9-7-6-8-23(24)27(34)33(26)25-15-10-18(2)17-19(25)3/h6-15,17,20H,5,16H2,1-4H3,(H,30,35). The average Bonchev–Trinajstić information content (AvgIpc) is 2.84. The zero-order valence-corrected chi connectivity index (χ0v) is 21.1. The second-order valence-corrected chi connectivity index (χ2v) is 9.16. The van der Waals surface area contributed by atoms with E-state index in [1.54, 1.807) is 39.8 Å². The van der Waals surface area contributed by atoms with E-state index in [4.69, 9.17) is 16.6 Å². The summed E-state index contributed by atoms with van der Waals surface area (Å²) in [7, 11) is 0. The van der Waals surface area contributed by atoms with E-state index < -0.39 is 6.04 Å². The zero-order chi connectivity index (χ0) is 25.1. The Morgan fingerprint density at radius 1 is 1.09 bits per heavy atom. The van der Waals surface area contributed by atoms with Crippen LogP contribution in [0.15, 0.2) is 71.5 Å². The Labute approximate surface area is 210 Å². The first-order chi connectivity index (χ1) is 16.8. The molecule has 0 saturated carbocycles. The number of aromatic nitrogens is 2. The minimum atomic E-state index is -0.472. The van der Waals surface area contributed by atoms with Gasteiger partial charge in [-0.15, -0.1) is 0 Å². The van der Waals surface area contributed by atoms with Gasteiger partial charge in [0.15, 0.2) is 0 Å². The number of carbonyl (C=O) groups is 1. The first-order valence-corrected chi connectivity index (χ1v) is 12.1. The Balaban J connectivity index is 1.84. The van der Waals surface area contributed by atoms with Crippen molar-refractivity contribution in [2.24, 2.45) is 0 Å². The molecule has 2 amide bonds. The highest BCUT2D eigenvalue weighted by molar-refractivity contribution is 6.30. The van der Waals surface area contributed by atoms with Crippen molar-refractivity contribution in [2.75, 3.05) is 11.9 Å². The summed E-state index contributed by atoms with van der Waals surface area (Å²) in [6.07, 6.45) is 0.750. The van der Waals surface area contributed by atoms with Crippen LogP contribution in [0.1, 0.15) is 43.3 Å². The number of hydrogen-bond acceptors (Lipinski definition) is 3. The summed E-state index contributed by atoms with van der Waals surface area (Å²) >= 11 is 5.99. The SMILES string of the molecule is CCCN(C(=O)Nc1ccc(Cl)cc1)C(C)c1nc2ccccc2c(=O)n1-c1ccc(C)cc1C. The lowest BCUT2D eigenvalue weighted by molar-refractivity contribution is 0.189. The van der Waals surface area contributed by atoms with Gasteiger partial charge in [0.2, 0.25) is 0 Å². The van der Waals surface area contributed by atoms with Crippen molar-refractivity contribution in [1.29, 1.82) is 0 Å². The molecule has 0 aliphatic heterocycles. The van der Waals surface area contributed by atoms with Gasteiger partial charge in [0, 0.05) is 17.3 Å². The highest BCUT2D eigenvalue weighted by Crippen LogP contribution is 2.26. The number of benzene rings is 3. The van der Waals surface area contributed by atoms with Crippen molar-refractivity contribution in [2.45, 2.75) is 40.2 Å². The third-order valence-electron chi connectivity index (χ3n) is 6.06. The molecule has 7 heteroatoms. The minimum absolute atomic E-state index is 0.154. The molecule has 0 aliphatic rings. The Bertz CT molecular complexity index is 1430. The third-order valence-corrected chi connectivity index (χ3v) is 6.31. The van der Waals surface area contributed by atoms with Crippen LogP contribution in [0.4, 0.5) is 10.5 Å². The summed E-state index contributed by atoms with van der Waals surface area (Å²) in [5, 5.41) is 4.08. The first kappa shape index (κ1) is 24.5. The number of nitrogens with one attached hydrogen (secondary N) is 1. The lowest BCUT2D eigenvalue weighted by Gasteiger charge is -2.30. The van der Waals surface area contributed by atoms with Crippen LogP contribution in [0.3, 0.4) is 0 Å². The topological polar surface area (TPSA) is 67.2 Å². The van der Waals surface area contributed by atoms with E-state index in [1.165, 1.54) is 0 Å². The van der Waals surface area contributed by atoms with Crippen molar-refractivity contribution in [3.63, 3.8) is 0 Å². The number of amides is 2. The van der Waals surface area contributed by atoms with Gasteiger partial charge in [-0.05, 0) is 75.2 Å². The third kappa shape index (κ3) is 5.08. The van der Waals surface area contributed by atoms with Crippen LogP contribution < -0.4 is 10.9 Å². The maximum Gasteiger partial charge on any atom is 0.322 e. The molecule has 6 nitrogen and oxygen atoms in total. The van der Waals surface area contributed by atoms with Crippen molar-refractivity contribution in [1.82, 2.24) is 14.5 Å². The van der Waals surface area contributed by atoms with Gasteiger partial charge in [-0.2, -0.15) is 0 Å². The number of halogens is 1. The van der Waals surface area contributed by atoms with Crippen LogP contribution in [0, 0.1) is 13.8 Å². The molecule has 1 N–H and O–H groups in total. The van der Waals surface area contributed by atoms with E-state index in [0.717, 1.165) is 23.2 Å². The number of hydrogen-bond donors (Lipinski definition) is 1. The van der Waals surface area contributed by atoms with Gasteiger partial charge in [-0.3, -0.25) is 9.36 Å². The fourth-order valence-electron chi connectivity index (χ4n) is 4.30. The molecule has 1 aromatic heterocycles. The van der Waals surface area contributed by atoms with E-state index in [9.17, 15) is 9.59 Å². The van der Waals surface area contributed by atoms with E-state index in [2.05, 4.69) is 5.32 Å². The Hall–Kier alpha value is -3.64. The van der Waals surface area contributed by atoms with Gasteiger partial charge in [0.1, 0.15) is 5.82 Å². The van der Waals surface area contributed by atoms with Crippen molar-refractivity contribution < 1.29 is 4.79 Å². The molecule has 4 rings (SSSR count). The number of urea groups is 1. The molecule has 0 bridgehead atoms. The monoisotopic (exact) mass is 488 g/mol. The number of fused-ring (bicyclic) bond motifs is 1. The van der Waals surface area contributed by atoms with Gasteiger partial charge >= 0.3 is 6.03 Å². The molecule has 0 spiro atoms. The van der Waals surface area contributed by atoms with E-state index in [0.29, 0.717) is 34.0 Å². The molecule has 1 unspecified atom stereocenters. The van der Waals surface area contributed by atoms with Crippen LogP contribution in [-0.2, 0) is 0 Å². The van der Waals surface area contributed by atoms with Gasteiger partial charge in [-0.25, -0.2) is 9.78 Å². The van der Waals surface area contributed by atoms with Gasteiger partial charge < -0.3 is 10.2 Å². The normalized spacial score (nSPS) is 11.9. The Morgan fingerprint density at radius 2 is 1.80 bits per heavy atom. The summed E-state index contributed by atoms with van der Waals surface area (Å²) in [4.78, 5) is 33.8. The number of para-hydroxylation sites is 1. The van der Waals surface area contributed by atoms with Gasteiger partial charge in [0.25, 0.3) is 5.56 Å². The molecule has 0 radical (unpaired) electrons. The highest BCUT2D eigenvalue weighted by Gasteiger charge is 2.27. The molecule has 0 aliphatic carbocycles. The molecule has 1 heterocycles. The number of rotatable bonds is 6. The minimum Gasteiger partial charge on any atom is -0.315 e. The molecule has 0 saturated heterocycles. The van der Waals surface area contributed by atoms with Gasteiger partial charge in [0.05, 0.1) is 22.6 Å². The largest absolute Gasteiger partial charge is 0.322 e. The molecular weight excluding hydrogens is 460 g/mol.